The first-order valence-electron chi connectivity index (χ1n) is 5.77. The minimum Gasteiger partial charge on any atom is -0.333 e. The monoisotopic (exact) mass is 211 g/mol. The van der Waals surface area contributed by atoms with Gasteiger partial charge in [0.05, 0.1) is 0 Å². The van der Waals surface area contributed by atoms with Gasteiger partial charge < -0.3 is 15.5 Å². The summed E-state index contributed by atoms with van der Waals surface area (Å²) in [6.07, 6.45) is 1.15. The molecule has 2 heterocycles. The molecule has 0 aromatic rings. The quantitative estimate of drug-likeness (QED) is 0.622. The summed E-state index contributed by atoms with van der Waals surface area (Å²) < 4.78 is 0. The zero-order chi connectivity index (χ0) is 11.1. The van der Waals surface area contributed by atoms with E-state index >= 15 is 0 Å². The van der Waals surface area contributed by atoms with E-state index in [1.165, 1.54) is 0 Å². The van der Waals surface area contributed by atoms with Gasteiger partial charge in [0.15, 0.2) is 0 Å². The number of likely N-dealkylation sites (tertiary alicyclic amines) is 1. The summed E-state index contributed by atoms with van der Waals surface area (Å²) in [6, 6.07) is 0.519. The van der Waals surface area contributed by atoms with Crippen LogP contribution >= 0.6 is 0 Å². The second kappa shape index (κ2) is 3.67. The van der Waals surface area contributed by atoms with Crippen LogP contribution in [0.1, 0.15) is 27.2 Å². The highest BCUT2D eigenvalue weighted by molar-refractivity contribution is 5.75. The Kier molecular flexibility index (Phi) is 2.63. The van der Waals surface area contributed by atoms with E-state index in [4.69, 9.17) is 0 Å². The molecule has 0 bridgehead atoms. The van der Waals surface area contributed by atoms with Gasteiger partial charge in [0.2, 0.25) is 0 Å². The molecule has 0 aliphatic carbocycles. The van der Waals surface area contributed by atoms with Gasteiger partial charge in [-0.05, 0) is 33.1 Å². The van der Waals surface area contributed by atoms with Gasteiger partial charge in [-0.1, -0.05) is 0 Å². The summed E-state index contributed by atoms with van der Waals surface area (Å²) in [5.41, 5.74) is -0.138. The van der Waals surface area contributed by atoms with Gasteiger partial charge in [-0.2, -0.15) is 0 Å². The lowest BCUT2D eigenvalue weighted by atomic mass is 10.1. The van der Waals surface area contributed by atoms with Crippen molar-refractivity contribution < 1.29 is 4.79 Å². The van der Waals surface area contributed by atoms with Gasteiger partial charge in [0, 0.05) is 31.2 Å². The van der Waals surface area contributed by atoms with Crippen LogP contribution in [-0.2, 0) is 0 Å². The summed E-state index contributed by atoms with van der Waals surface area (Å²) in [5, 5.41) is 6.38. The number of urea groups is 1. The molecule has 2 atom stereocenters. The fourth-order valence-corrected chi connectivity index (χ4v) is 2.49. The Balaban J connectivity index is 1.96. The van der Waals surface area contributed by atoms with E-state index in [2.05, 4.69) is 10.6 Å². The highest BCUT2D eigenvalue weighted by Gasteiger charge is 2.40. The second-order valence-electron chi connectivity index (χ2n) is 5.65. The van der Waals surface area contributed by atoms with Crippen molar-refractivity contribution in [3.8, 4) is 0 Å². The lowest BCUT2D eigenvalue weighted by Crippen LogP contribution is -2.51. The van der Waals surface area contributed by atoms with Crippen molar-refractivity contribution in [2.75, 3.05) is 19.6 Å². The number of rotatable bonds is 0. The van der Waals surface area contributed by atoms with E-state index < -0.39 is 0 Å². The Morgan fingerprint density at radius 1 is 1.40 bits per heavy atom. The van der Waals surface area contributed by atoms with Crippen molar-refractivity contribution in [2.24, 2.45) is 5.92 Å². The maximum absolute atomic E-state index is 12.0. The highest BCUT2D eigenvalue weighted by Crippen LogP contribution is 2.27. The van der Waals surface area contributed by atoms with Crippen molar-refractivity contribution in [3.63, 3.8) is 0 Å². The first-order chi connectivity index (χ1) is 6.97. The van der Waals surface area contributed by atoms with Crippen molar-refractivity contribution in [1.82, 2.24) is 15.5 Å². The average molecular weight is 211 g/mol. The molecule has 15 heavy (non-hydrogen) atoms. The normalized spacial score (nSPS) is 30.5. The van der Waals surface area contributed by atoms with E-state index in [9.17, 15) is 4.79 Å². The molecule has 0 aromatic heterocycles. The predicted molar refractivity (Wildman–Crippen MR) is 59.8 cm³/mol. The van der Waals surface area contributed by atoms with Crippen LogP contribution in [0.15, 0.2) is 0 Å². The van der Waals surface area contributed by atoms with E-state index in [1.807, 2.05) is 25.7 Å². The molecule has 2 rings (SSSR count). The zero-order valence-corrected chi connectivity index (χ0v) is 9.84. The first kappa shape index (κ1) is 10.7. The third-order valence-electron chi connectivity index (χ3n) is 3.19. The third kappa shape index (κ3) is 2.25. The third-order valence-corrected chi connectivity index (χ3v) is 3.19. The van der Waals surface area contributed by atoms with Crippen LogP contribution in [0, 0.1) is 5.92 Å². The Labute approximate surface area is 91.4 Å². The molecule has 4 heteroatoms. The summed E-state index contributed by atoms with van der Waals surface area (Å²) in [6.45, 7) is 9.01. The Morgan fingerprint density at radius 2 is 2.13 bits per heavy atom. The summed E-state index contributed by atoms with van der Waals surface area (Å²) in [7, 11) is 0. The number of nitrogens with one attached hydrogen (secondary N) is 2. The fourth-order valence-electron chi connectivity index (χ4n) is 2.49. The van der Waals surface area contributed by atoms with Crippen molar-refractivity contribution in [2.45, 2.75) is 38.8 Å². The van der Waals surface area contributed by atoms with Crippen LogP contribution in [0.4, 0.5) is 4.79 Å². The first-order valence-corrected chi connectivity index (χ1v) is 5.77. The van der Waals surface area contributed by atoms with Crippen LogP contribution < -0.4 is 10.6 Å². The smallest absolute Gasteiger partial charge is 0.318 e. The molecule has 0 aromatic carbocycles. The summed E-state index contributed by atoms with van der Waals surface area (Å²) in [5.74, 6) is 0.677. The Hall–Kier alpha value is -0.770. The highest BCUT2D eigenvalue weighted by atomic mass is 16.2. The van der Waals surface area contributed by atoms with Crippen molar-refractivity contribution in [1.29, 1.82) is 0 Å². The van der Waals surface area contributed by atoms with Gasteiger partial charge in [-0.25, -0.2) is 4.79 Å². The molecule has 2 saturated heterocycles. The van der Waals surface area contributed by atoms with Crippen molar-refractivity contribution in [3.05, 3.63) is 0 Å². The van der Waals surface area contributed by atoms with Crippen molar-refractivity contribution >= 4 is 6.03 Å². The van der Waals surface area contributed by atoms with Crippen LogP contribution in [0.2, 0.25) is 0 Å². The van der Waals surface area contributed by atoms with Gasteiger partial charge in [0.25, 0.3) is 0 Å². The molecule has 86 valence electrons. The number of hydrogen-bond acceptors (Lipinski definition) is 2. The lowest BCUT2D eigenvalue weighted by Gasteiger charge is -2.29. The molecule has 0 unspecified atom stereocenters. The van der Waals surface area contributed by atoms with E-state index in [0.29, 0.717) is 12.0 Å². The average Bonchev–Trinajstić information content (AvgIpc) is 2.57. The summed E-state index contributed by atoms with van der Waals surface area (Å²) >= 11 is 0. The predicted octanol–water partition coefficient (Wildman–Crippen LogP) is 0.788. The molecule has 0 saturated carbocycles. The van der Waals surface area contributed by atoms with Crippen LogP contribution in [0.25, 0.3) is 0 Å². The largest absolute Gasteiger partial charge is 0.333 e. The minimum atomic E-state index is -0.138. The topological polar surface area (TPSA) is 44.4 Å². The summed E-state index contributed by atoms with van der Waals surface area (Å²) in [4.78, 5) is 14.0. The molecule has 4 nitrogen and oxygen atoms in total. The number of hydrogen-bond donors (Lipinski definition) is 2. The number of nitrogens with zero attached hydrogens (tertiary/aromatic N) is 1. The molecule has 0 spiro atoms. The molecular formula is C11H21N3O. The zero-order valence-electron chi connectivity index (χ0n) is 9.84. The van der Waals surface area contributed by atoms with Gasteiger partial charge in [-0.15, -0.1) is 0 Å². The van der Waals surface area contributed by atoms with Gasteiger partial charge in [-0.3, -0.25) is 0 Å². The number of carbonyl (C=O) groups is 1. The number of carbonyl (C=O) groups excluding carboxylic acids is 1. The maximum Gasteiger partial charge on any atom is 0.318 e. The van der Waals surface area contributed by atoms with Gasteiger partial charge in [0.1, 0.15) is 0 Å². The fraction of sp³-hybridized carbons (Fsp3) is 0.909. The van der Waals surface area contributed by atoms with Crippen LogP contribution in [0.3, 0.4) is 0 Å². The molecule has 2 amide bonds. The Morgan fingerprint density at radius 3 is 2.80 bits per heavy atom. The standard InChI is InChI=1S/C11H21N3O/c1-11(2,3)13-10(15)14-5-4-8-6-12-7-9(8)14/h8-9,12H,4-7H2,1-3H3,(H,13,15)/t8-,9+/m0/s1. The van der Waals surface area contributed by atoms with E-state index in [-0.39, 0.29) is 11.6 Å². The molecular weight excluding hydrogens is 190 g/mol. The second-order valence-corrected chi connectivity index (χ2v) is 5.65. The maximum atomic E-state index is 12.0. The molecule has 2 fully saturated rings. The molecule has 2 aliphatic rings. The van der Waals surface area contributed by atoms with E-state index in [0.717, 1.165) is 26.1 Å². The van der Waals surface area contributed by atoms with E-state index in [1.54, 1.807) is 0 Å². The minimum absolute atomic E-state index is 0.0960. The lowest BCUT2D eigenvalue weighted by molar-refractivity contribution is 0.183. The van der Waals surface area contributed by atoms with Crippen LogP contribution in [0.5, 0.6) is 0 Å². The number of amides is 2. The number of fused-ring (bicyclic) bond motifs is 1. The van der Waals surface area contributed by atoms with Gasteiger partial charge >= 0.3 is 6.03 Å². The molecule has 0 radical (unpaired) electrons. The SMILES string of the molecule is CC(C)(C)NC(=O)N1CC[C@H]2CNC[C@H]21. The van der Waals surface area contributed by atoms with Crippen LogP contribution in [-0.4, -0.2) is 42.1 Å². The molecule has 2 N–H and O–H groups in total. The molecule has 2 aliphatic heterocycles. The Bertz CT molecular complexity index is 259.